The van der Waals surface area contributed by atoms with Crippen molar-refractivity contribution < 1.29 is 0 Å². The molecule has 5 heteroatoms. The minimum Gasteiger partial charge on any atom is -0.354 e. The van der Waals surface area contributed by atoms with Crippen LogP contribution in [0.25, 0.3) is 11.4 Å². The van der Waals surface area contributed by atoms with E-state index >= 15 is 0 Å². The molecule has 0 amide bonds. The fraction of sp³-hybridized carbons (Fsp3) is 0.273. The zero-order valence-corrected chi connectivity index (χ0v) is 9.41. The van der Waals surface area contributed by atoms with Crippen molar-refractivity contribution in [3.63, 3.8) is 0 Å². The number of hydrogen-bond donors (Lipinski definition) is 1. The monoisotopic (exact) mass is 234 g/mol. The van der Waals surface area contributed by atoms with Crippen LogP contribution < -0.4 is 5.32 Å². The molecule has 0 radical (unpaired) electrons. The topological polar surface area (TPSA) is 42.7 Å². The molecule has 0 saturated heterocycles. The van der Waals surface area contributed by atoms with Gasteiger partial charge in [0.2, 0.25) is 5.95 Å². The van der Waals surface area contributed by atoms with Gasteiger partial charge in [0, 0.05) is 18.7 Å². The van der Waals surface area contributed by atoms with E-state index in [0.29, 0.717) is 5.02 Å². The highest BCUT2D eigenvalue weighted by atomic mass is 35.5. The van der Waals surface area contributed by atoms with Crippen LogP contribution in [0.4, 0.5) is 5.95 Å². The normalized spacial score (nSPS) is 14.3. The van der Waals surface area contributed by atoms with Crippen LogP contribution in [0.2, 0.25) is 5.02 Å². The predicted molar refractivity (Wildman–Crippen MR) is 63.6 cm³/mol. The number of nitrogens with zero attached hydrogens (tertiary/aromatic N) is 3. The average Bonchev–Trinajstić information content (AvgIpc) is 2.74. The van der Waals surface area contributed by atoms with Crippen molar-refractivity contribution in [2.45, 2.75) is 13.0 Å². The van der Waals surface area contributed by atoms with Crippen molar-refractivity contribution in [2.75, 3.05) is 11.9 Å². The zero-order valence-electron chi connectivity index (χ0n) is 8.65. The molecular weight excluding hydrogens is 224 g/mol. The highest BCUT2D eigenvalue weighted by Crippen LogP contribution is 2.28. The number of rotatable bonds is 1. The lowest BCUT2D eigenvalue weighted by molar-refractivity contribution is 0.631. The molecule has 16 heavy (non-hydrogen) atoms. The van der Waals surface area contributed by atoms with Gasteiger partial charge in [0.25, 0.3) is 0 Å². The first-order chi connectivity index (χ1) is 7.86. The Morgan fingerprint density at radius 1 is 1.25 bits per heavy atom. The van der Waals surface area contributed by atoms with Crippen LogP contribution in [0.1, 0.15) is 6.42 Å². The summed E-state index contributed by atoms with van der Waals surface area (Å²) in [7, 11) is 0. The molecule has 4 nitrogen and oxygen atoms in total. The van der Waals surface area contributed by atoms with Gasteiger partial charge in [0.05, 0.1) is 5.02 Å². The summed E-state index contributed by atoms with van der Waals surface area (Å²) in [6.45, 7) is 1.90. The Morgan fingerprint density at radius 3 is 3.00 bits per heavy atom. The third-order valence-electron chi connectivity index (χ3n) is 2.71. The molecule has 1 aromatic heterocycles. The van der Waals surface area contributed by atoms with Crippen molar-refractivity contribution >= 4 is 17.5 Å². The summed E-state index contributed by atoms with van der Waals surface area (Å²) in [6, 6.07) is 7.71. The number of nitrogens with one attached hydrogen (secondary N) is 1. The van der Waals surface area contributed by atoms with E-state index in [4.69, 9.17) is 11.6 Å². The molecule has 0 spiro atoms. The standard InChI is InChI=1S/C11H11ClN4/c12-9-5-2-1-4-8(9)10-14-15-11-13-6-3-7-16(10)11/h1-2,4-5H,3,6-7H2,(H,13,15). The van der Waals surface area contributed by atoms with Crippen LogP contribution in [-0.2, 0) is 6.54 Å². The van der Waals surface area contributed by atoms with E-state index < -0.39 is 0 Å². The number of halogens is 1. The van der Waals surface area contributed by atoms with E-state index in [9.17, 15) is 0 Å². The predicted octanol–water partition coefficient (Wildman–Crippen LogP) is 2.41. The summed E-state index contributed by atoms with van der Waals surface area (Å²) in [6.07, 6.45) is 1.09. The van der Waals surface area contributed by atoms with Crippen LogP contribution in [0.15, 0.2) is 24.3 Å². The highest BCUT2D eigenvalue weighted by molar-refractivity contribution is 6.33. The first-order valence-corrected chi connectivity index (χ1v) is 5.66. The fourth-order valence-electron chi connectivity index (χ4n) is 1.92. The molecule has 0 atom stereocenters. The van der Waals surface area contributed by atoms with Gasteiger partial charge in [-0.05, 0) is 18.6 Å². The molecule has 2 heterocycles. The van der Waals surface area contributed by atoms with Crippen LogP contribution in [0.5, 0.6) is 0 Å². The zero-order chi connectivity index (χ0) is 11.0. The van der Waals surface area contributed by atoms with Crippen LogP contribution in [0.3, 0.4) is 0 Å². The maximum atomic E-state index is 6.16. The highest BCUT2D eigenvalue weighted by Gasteiger charge is 2.17. The van der Waals surface area contributed by atoms with E-state index in [0.717, 1.165) is 36.8 Å². The SMILES string of the molecule is Clc1ccccc1-c1nnc2n1CCCN2. The molecule has 0 saturated carbocycles. The van der Waals surface area contributed by atoms with E-state index in [2.05, 4.69) is 20.1 Å². The van der Waals surface area contributed by atoms with Crippen molar-refractivity contribution in [2.24, 2.45) is 0 Å². The van der Waals surface area contributed by atoms with E-state index in [-0.39, 0.29) is 0 Å². The number of fused-ring (bicyclic) bond motifs is 1. The van der Waals surface area contributed by atoms with Gasteiger partial charge in [0.1, 0.15) is 0 Å². The second kappa shape index (κ2) is 3.79. The smallest absolute Gasteiger partial charge is 0.224 e. The summed E-state index contributed by atoms with van der Waals surface area (Å²) in [5.74, 6) is 1.67. The summed E-state index contributed by atoms with van der Waals surface area (Å²) in [5.41, 5.74) is 0.937. The summed E-state index contributed by atoms with van der Waals surface area (Å²) in [5, 5.41) is 12.2. The minimum atomic E-state index is 0.711. The number of aromatic nitrogens is 3. The van der Waals surface area contributed by atoms with Gasteiger partial charge < -0.3 is 5.32 Å². The molecule has 0 fully saturated rings. The van der Waals surface area contributed by atoms with Gasteiger partial charge in [-0.3, -0.25) is 4.57 Å². The first kappa shape index (κ1) is 9.66. The molecule has 3 rings (SSSR count). The summed E-state index contributed by atoms with van der Waals surface area (Å²) < 4.78 is 2.07. The van der Waals surface area contributed by atoms with Crippen molar-refractivity contribution in [3.05, 3.63) is 29.3 Å². The van der Waals surface area contributed by atoms with E-state index in [1.165, 1.54) is 0 Å². The molecule has 1 aromatic carbocycles. The minimum absolute atomic E-state index is 0.711. The van der Waals surface area contributed by atoms with Gasteiger partial charge >= 0.3 is 0 Å². The quantitative estimate of drug-likeness (QED) is 0.824. The molecule has 0 aliphatic carbocycles. The van der Waals surface area contributed by atoms with Crippen LogP contribution in [0, 0.1) is 0 Å². The fourth-order valence-corrected chi connectivity index (χ4v) is 2.15. The Morgan fingerprint density at radius 2 is 2.12 bits per heavy atom. The van der Waals surface area contributed by atoms with Gasteiger partial charge in [-0.1, -0.05) is 23.7 Å². The second-order valence-corrected chi connectivity index (χ2v) is 4.17. The van der Waals surface area contributed by atoms with Gasteiger partial charge in [-0.25, -0.2) is 0 Å². The van der Waals surface area contributed by atoms with Crippen LogP contribution >= 0.6 is 11.6 Å². The van der Waals surface area contributed by atoms with Crippen molar-refractivity contribution in [1.29, 1.82) is 0 Å². The van der Waals surface area contributed by atoms with Gasteiger partial charge in [0.15, 0.2) is 5.82 Å². The Bertz CT molecular complexity index is 520. The Hall–Kier alpha value is -1.55. The molecular formula is C11H11ClN4. The van der Waals surface area contributed by atoms with E-state index in [1.54, 1.807) is 0 Å². The second-order valence-electron chi connectivity index (χ2n) is 3.76. The third-order valence-corrected chi connectivity index (χ3v) is 3.04. The average molecular weight is 235 g/mol. The lowest BCUT2D eigenvalue weighted by Crippen LogP contribution is -2.17. The van der Waals surface area contributed by atoms with Crippen LogP contribution in [-0.4, -0.2) is 21.3 Å². The number of anilines is 1. The molecule has 1 N–H and O–H groups in total. The maximum absolute atomic E-state index is 6.16. The Labute approximate surface area is 98.3 Å². The van der Waals surface area contributed by atoms with Crippen molar-refractivity contribution in [3.8, 4) is 11.4 Å². The summed E-state index contributed by atoms with van der Waals surface area (Å²) >= 11 is 6.16. The number of hydrogen-bond acceptors (Lipinski definition) is 3. The van der Waals surface area contributed by atoms with Gasteiger partial charge in [-0.2, -0.15) is 0 Å². The molecule has 1 aliphatic rings. The lowest BCUT2D eigenvalue weighted by Gasteiger charge is -2.16. The molecule has 0 bridgehead atoms. The lowest BCUT2D eigenvalue weighted by atomic mass is 10.2. The first-order valence-electron chi connectivity index (χ1n) is 5.28. The Balaban J connectivity index is 2.13. The number of benzene rings is 1. The molecule has 1 aliphatic heterocycles. The third kappa shape index (κ3) is 1.46. The Kier molecular flexibility index (Phi) is 2.29. The van der Waals surface area contributed by atoms with E-state index in [1.807, 2.05) is 24.3 Å². The largest absolute Gasteiger partial charge is 0.354 e. The van der Waals surface area contributed by atoms with Gasteiger partial charge in [-0.15, -0.1) is 10.2 Å². The molecule has 0 unspecified atom stereocenters. The maximum Gasteiger partial charge on any atom is 0.224 e. The molecule has 2 aromatic rings. The molecule has 82 valence electrons. The summed E-state index contributed by atoms with van der Waals surface area (Å²) in [4.78, 5) is 0. The van der Waals surface area contributed by atoms with Crippen molar-refractivity contribution in [1.82, 2.24) is 14.8 Å².